The lowest BCUT2D eigenvalue weighted by molar-refractivity contribution is 1.09. The number of aromatic nitrogens is 4. The molecule has 0 saturated carbocycles. The van der Waals surface area contributed by atoms with Gasteiger partial charge in [-0.25, -0.2) is 0 Å². The summed E-state index contributed by atoms with van der Waals surface area (Å²) in [4.78, 5) is 14.1. The maximum absolute atomic E-state index is 11.4. The number of fused-ring (bicyclic) bond motifs is 3. The van der Waals surface area contributed by atoms with Crippen molar-refractivity contribution in [2.45, 2.75) is 0 Å². The van der Waals surface area contributed by atoms with E-state index in [2.05, 4.69) is 15.2 Å². The summed E-state index contributed by atoms with van der Waals surface area (Å²) in [6.07, 6.45) is 1.58. The molecule has 0 aliphatic heterocycles. The second kappa shape index (κ2) is 2.17. The highest BCUT2D eigenvalue weighted by molar-refractivity contribution is 7.17. The van der Waals surface area contributed by atoms with Crippen molar-refractivity contribution < 1.29 is 0 Å². The van der Waals surface area contributed by atoms with Crippen LogP contribution in [-0.4, -0.2) is 19.6 Å². The van der Waals surface area contributed by atoms with Gasteiger partial charge in [-0.05, 0) is 11.4 Å². The van der Waals surface area contributed by atoms with Gasteiger partial charge in [0.1, 0.15) is 11.0 Å². The molecular formula is C7H4N4OS. The molecule has 6 heteroatoms. The molecule has 0 spiro atoms. The first kappa shape index (κ1) is 6.79. The van der Waals surface area contributed by atoms with Crippen molar-refractivity contribution >= 4 is 27.3 Å². The summed E-state index contributed by atoms with van der Waals surface area (Å²) >= 11 is 1.41. The predicted octanol–water partition coefficient (Wildman–Crippen LogP) is 0.632. The standard InChI is InChI=1S/C7H4N4OS/c12-6-5-4(1-2-13-5)11-3-8-10-7(11)9-6/h1-3H,(H,9,10,12). The summed E-state index contributed by atoms with van der Waals surface area (Å²) in [5.74, 6) is 0.482. The first-order chi connectivity index (χ1) is 6.36. The van der Waals surface area contributed by atoms with Crippen LogP contribution in [0.1, 0.15) is 0 Å². The van der Waals surface area contributed by atoms with Gasteiger partial charge in [-0.2, -0.15) is 0 Å². The van der Waals surface area contributed by atoms with E-state index >= 15 is 0 Å². The third kappa shape index (κ3) is 0.775. The predicted molar refractivity (Wildman–Crippen MR) is 49.0 cm³/mol. The molecule has 0 radical (unpaired) electrons. The Morgan fingerprint density at radius 3 is 3.38 bits per heavy atom. The maximum atomic E-state index is 11.4. The van der Waals surface area contributed by atoms with E-state index in [9.17, 15) is 4.79 Å². The lowest BCUT2D eigenvalue weighted by Crippen LogP contribution is -2.07. The fourth-order valence-corrected chi connectivity index (χ4v) is 2.10. The summed E-state index contributed by atoms with van der Waals surface area (Å²) < 4.78 is 2.46. The smallest absolute Gasteiger partial charge is 0.270 e. The van der Waals surface area contributed by atoms with Gasteiger partial charge in [-0.3, -0.25) is 14.2 Å². The molecule has 0 fully saturated rings. The van der Waals surface area contributed by atoms with Gasteiger partial charge in [0.15, 0.2) is 0 Å². The van der Waals surface area contributed by atoms with Gasteiger partial charge in [-0.15, -0.1) is 21.5 Å². The summed E-state index contributed by atoms with van der Waals surface area (Å²) in [6.45, 7) is 0. The highest BCUT2D eigenvalue weighted by atomic mass is 32.1. The minimum Gasteiger partial charge on any atom is -0.289 e. The van der Waals surface area contributed by atoms with E-state index in [-0.39, 0.29) is 5.56 Å². The fraction of sp³-hybridized carbons (Fsp3) is 0. The van der Waals surface area contributed by atoms with Gasteiger partial charge in [0.05, 0.1) is 5.52 Å². The number of thiophene rings is 1. The minimum atomic E-state index is -0.106. The number of hydrogen-bond acceptors (Lipinski definition) is 4. The van der Waals surface area contributed by atoms with Gasteiger partial charge in [0, 0.05) is 0 Å². The van der Waals surface area contributed by atoms with E-state index in [1.807, 2.05) is 11.4 Å². The van der Waals surface area contributed by atoms with Crippen LogP contribution in [0.25, 0.3) is 16.0 Å². The third-order valence-electron chi connectivity index (χ3n) is 1.88. The Kier molecular flexibility index (Phi) is 1.13. The van der Waals surface area contributed by atoms with Crippen LogP contribution in [0.15, 0.2) is 22.6 Å². The van der Waals surface area contributed by atoms with Crippen LogP contribution in [0.2, 0.25) is 0 Å². The van der Waals surface area contributed by atoms with Gasteiger partial charge < -0.3 is 0 Å². The number of aromatic amines is 1. The first-order valence-corrected chi connectivity index (χ1v) is 4.53. The van der Waals surface area contributed by atoms with E-state index in [4.69, 9.17) is 0 Å². The van der Waals surface area contributed by atoms with Crippen molar-refractivity contribution in [1.29, 1.82) is 0 Å². The molecule has 13 heavy (non-hydrogen) atoms. The molecule has 3 rings (SSSR count). The quantitative estimate of drug-likeness (QED) is 0.568. The van der Waals surface area contributed by atoms with E-state index in [0.717, 1.165) is 5.52 Å². The third-order valence-corrected chi connectivity index (χ3v) is 2.79. The zero-order valence-electron chi connectivity index (χ0n) is 6.39. The molecule has 0 aliphatic rings. The van der Waals surface area contributed by atoms with Crippen molar-refractivity contribution in [2.75, 3.05) is 0 Å². The molecular weight excluding hydrogens is 188 g/mol. The van der Waals surface area contributed by atoms with E-state index in [1.165, 1.54) is 11.3 Å². The summed E-state index contributed by atoms with van der Waals surface area (Å²) in [7, 11) is 0. The molecule has 3 aromatic heterocycles. The van der Waals surface area contributed by atoms with Gasteiger partial charge in [0.2, 0.25) is 5.78 Å². The van der Waals surface area contributed by atoms with Crippen LogP contribution >= 0.6 is 11.3 Å². The fourth-order valence-electron chi connectivity index (χ4n) is 1.32. The Morgan fingerprint density at radius 1 is 1.54 bits per heavy atom. The number of nitrogens with one attached hydrogen (secondary N) is 1. The molecule has 0 amide bonds. The molecule has 3 aromatic rings. The Hall–Kier alpha value is -1.69. The second-order valence-corrected chi connectivity index (χ2v) is 3.53. The van der Waals surface area contributed by atoms with Crippen molar-refractivity contribution in [3.05, 3.63) is 28.1 Å². The van der Waals surface area contributed by atoms with Crippen LogP contribution in [0, 0.1) is 0 Å². The second-order valence-electron chi connectivity index (χ2n) is 2.61. The molecule has 0 aromatic carbocycles. The Balaban J connectivity index is 2.79. The number of H-pyrrole nitrogens is 1. The highest BCUT2D eigenvalue weighted by Gasteiger charge is 2.05. The minimum absolute atomic E-state index is 0.106. The molecule has 5 nitrogen and oxygen atoms in total. The molecule has 0 saturated heterocycles. The van der Waals surface area contributed by atoms with E-state index in [1.54, 1.807) is 10.7 Å². The van der Waals surface area contributed by atoms with E-state index < -0.39 is 0 Å². The summed E-state index contributed by atoms with van der Waals surface area (Å²) in [5.41, 5.74) is 0.749. The first-order valence-electron chi connectivity index (χ1n) is 3.65. The average molecular weight is 192 g/mol. The van der Waals surface area contributed by atoms with Crippen molar-refractivity contribution in [1.82, 2.24) is 19.6 Å². The van der Waals surface area contributed by atoms with Crippen molar-refractivity contribution in [3.8, 4) is 0 Å². The topological polar surface area (TPSA) is 63.0 Å². The molecule has 64 valence electrons. The molecule has 0 aliphatic carbocycles. The number of hydrogen-bond donors (Lipinski definition) is 1. The Labute approximate surface area is 75.7 Å². The highest BCUT2D eigenvalue weighted by Crippen LogP contribution is 2.15. The van der Waals surface area contributed by atoms with Crippen LogP contribution in [0.5, 0.6) is 0 Å². The zero-order chi connectivity index (χ0) is 8.84. The molecule has 0 atom stereocenters. The average Bonchev–Trinajstić information content (AvgIpc) is 2.66. The van der Waals surface area contributed by atoms with Crippen LogP contribution in [0.3, 0.4) is 0 Å². The lowest BCUT2D eigenvalue weighted by atomic mass is 10.5. The van der Waals surface area contributed by atoms with Gasteiger partial charge in [-0.1, -0.05) is 0 Å². The van der Waals surface area contributed by atoms with Gasteiger partial charge >= 0.3 is 0 Å². The largest absolute Gasteiger partial charge is 0.289 e. The van der Waals surface area contributed by atoms with Gasteiger partial charge in [0.25, 0.3) is 5.56 Å². The normalized spacial score (nSPS) is 11.4. The monoisotopic (exact) mass is 192 g/mol. The SMILES string of the molecule is O=c1[nH]c2nncn2c2ccsc12. The van der Waals surface area contributed by atoms with Crippen molar-refractivity contribution in [3.63, 3.8) is 0 Å². The zero-order valence-corrected chi connectivity index (χ0v) is 7.21. The van der Waals surface area contributed by atoms with Crippen LogP contribution in [-0.2, 0) is 0 Å². The molecule has 1 N–H and O–H groups in total. The lowest BCUT2D eigenvalue weighted by Gasteiger charge is -1.92. The van der Waals surface area contributed by atoms with E-state index in [0.29, 0.717) is 10.5 Å². The number of rotatable bonds is 0. The maximum Gasteiger partial charge on any atom is 0.270 e. The molecule has 0 unspecified atom stereocenters. The summed E-state index contributed by atoms with van der Waals surface area (Å²) in [6, 6.07) is 1.88. The Morgan fingerprint density at radius 2 is 2.46 bits per heavy atom. The van der Waals surface area contributed by atoms with Crippen LogP contribution in [0.4, 0.5) is 0 Å². The molecule has 0 bridgehead atoms. The van der Waals surface area contributed by atoms with Crippen LogP contribution < -0.4 is 5.56 Å². The Bertz CT molecular complexity index is 634. The molecule has 3 heterocycles. The van der Waals surface area contributed by atoms with Crippen molar-refractivity contribution in [2.24, 2.45) is 0 Å². The number of nitrogens with zero attached hydrogens (tertiary/aromatic N) is 3. The summed E-state index contributed by atoms with van der Waals surface area (Å²) in [5, 5.41) is 9.37.